The Labute approximate surface area is 148 Å². The van der Waals surface area contributed by atoms with Crippen molar-refractivity contribution in [1.29, 1.82) is 0 Å². The van der Waals surface area contributed by atoms with E-state index in [1.54, 1.807) is 24.3 Å². The van der Waals surface area contributed by atoms with Crippen molar-refractivity contribution in [2.24, 2.45) is 0 Å². The van der Waals surface area contributed by atoms with Crippen molar-refractivity contribution >= 4 is 34.7 Å². The van der Waals surface area contributed by atoms with Gasteiger partial charge in [-0.2, -0.15) is 0 Å². The number of nitrogens with one attached hydrogen (secondary N) is 1. The highest BCUT2D eigenvalue weighted by Gasteiger charge is 2.43. The van der Waals surface area contributed by atoms with E-state index < -0.39 is 0 Å². The van der Waals surface area contributed by atoms with Crippen molar-refractivity contribution in [3.63, 3.8) is 0 Å². The normalized spacial score (nSPS) is 17.5. The number of imide groups is 1. The van der Waals surface area contributed by atoms with Crippen LogP contribution in [-0.2, 0) is 9.59 Å². The van der Waals surface area contributed by atoms with Crippen LogP contribution in [0.4, 0.5) is 4.79 Å². The van der Waals surface area contributed by atoms with Crippen LogP contribution in [0.25, 0.3) is 0 Å². The molecule has 8 nitrogen and oxygen atoms in total. The lowest BCUT2D eigenvalue weighted by molar-refractivity contribution is -0.141. The van der Waals surface area contributed by atoms with Crippen LogP contribution in [0.2, 0.25) is 0 Å². The Balaban J connectivity index is 1.47. The summed E-state index contributed by atoms with van der Waals surface area (Å²) in [5.41, 5.74) is 0.402. The van der Waals surface area contributed by atoms with Gasteiger partial charge in [0, 0.05) is 18.7 Å². The number of carbonyl (C=O) groups is 4. The van der Waals surface area contributed by atoms with E-state index in [1.165, 1.54) is 16.9 Å². The Bertz CT molecular complexity index is 716. The van der Waals surface area contributed by atoms with Crippen molar-refractivity contribution in [1.82, 2.24) is 15.1 Å². The average molecular weight is 363 g/mol. The molecule has 0 radical (unpaired) electrons. The second-order valence-corrected chi connectivity index (χ2v) is 6.61. The molecule has 25 heavy (non-hydrogen) atoms. The zero-order valence-electron chi connectivity index (χ0n) is 13.6. The second kappa shape index (κ2) is 7.14. The van der Waals surface area contributed by atoms with Crippen molar-refractivity contribution in [3.8, 4) is 5.75 Å². The number of thioether (sulfide) groups is 1. The highest BCUT2D eigenvalue weighted by Crippen LogP contribution is 2.26. The van der Waals surface area contributed by atoms with E-state index in [0.29, 0.717) is 24.4 Å². The van der Waals surface area contributed by atoms with E-state index in [4.69, 9.17) is 4.74 Å². The first-order valence-corrected chi connectivity index (χ1v) is 8.67. The summed E-state index contributed by atoms with van der Waals surface area (Å²) >= 11 is 0.982. The highest BCUT2D eigenvalue weighted by molar-refractivity contribution is 8.14. The number of ether oxygens (including phenoxy) is 1. The molecule has 1 aromatic carbocycles. The summed E-state index contributed by atoms with van der Waals surface area (Å²) < 4.78 is 5.06. The third-order valence-electron chi connectivity index (χ3n) is 4.10. The van der Waals surface area contributed by atoms with Gasteiger partial charge in [0.2, 0.25) is 11.8 Å². The van der Waals surface area contributed by atoms with Crippen molar-refractivity contribution in [2.45, 2.75) is 6.04 Å². The Morgan fingerprint density at radius 2 is 2.08 bits per heavy atom. The molecule has 9 heteroatoms. The Kier molecular flexibility index (Phi) is 4.93. The van der Waals surface area contributed by atoms with Gasteiger partial charge in [-0.15, -0.1) is 0 Å². The topological polar surface area (TPSA) is 96.0 Å². The summed E-state index contributed by atoms with van der Waals surface area (Å²) in [6.07, 6.45) is 0. The molecule has 0 aromatic heterocycles. The summed E-state index contributed by atoms with van der Waals surface area (Å²) in [7, 11) is 1.51. The summed E-state index contributed by atoms with van der Waals surface area (Å²) in [5, 5.41) is 2.31. The number of rotatable bonds is 5. The predicted molar refractivity (Wildman–Crippen MR) is 90.4 cm³/mol. The molecule has 2 aliphatic rings. The monoisotopic (exact) mass is 363 g/mol. The number of methoxy groups -OCH3 is 1. The maximum absolute atomic E-state index is 12.1. The maximum Gasteiger partial charge on any atom is 0.289 e. The SMILES string of the molecule is COc1cccc(C(=O)NCC(=O)N2CC(N3C(=O)CSC3=O)C2)c1. The Hall–Kier alpha value is -2.55. The molecular formula is C16H17N3O5S. The number of likely N-dealkylation sites (tertiary alicyclic amines) is 1. The first-order chi connectivity index (χ1) is 12.0. The van der Waals surface area contributed by atoms with Crippen LogP contribution in [0.3, 0.4) is 0 Å². The second-order valence-electron chi connectivity index (χ2n) is 5.69. The van der Waals surface area contributed by atoms with Crippen LogP contribution < -0.4 is 10.1 Å². The third kappa shape index (κ3) is 3.60. The molecule has 2 aliphatic heterocycles. The molecule has 0 unspecified atom stereocenters. The van der Waals surface area contributed by atoms with Gasteiger partial charge in [0.05, 0.1) is 25.4 Å². The standard InChI is InChI=1S/C16H17N3O5S/c1-24-12-4-2-3-10(5-12)15(22)17-6-13(20)18-7-11(8-18)19-14(21)9-25-16(19)23/h2-5,11H,6-9H2,1H3,(H,17,22). The number of hydrogen-bond acceptors (Lipinski definition) is 6. The summed E-state index contributed by atoms with van der Waals surface area (Å²) in [6.45, 7) is 0.483. The van der Waals surface area contributed by atoms with Gasteiger partial charge in [-0.05, 0) is 18.2 Å². The van der Waals surface area contributed by atoms with Gasteiger partial charge in [0.1, 0.15) is 5.75 Å². The van der Waals surface area contributed by atoms with Crippen LogP contribution >= 0.6 is 11.8 Å². The van der Waals surface area contributed by atoms with Crippen molar-refractivity contribution in [3.05, 3.63) is 29.8 Å². The van der Waals surface area contributed by atoms with E-state index in [9.17, 15) is 19.2 Å². The van der Waals surface area contributed by atoms with Gasteiger partial charge in [-0.1, -0.05) is 17.8 Å². The maximum atomic E-state index is 12.1. The lowest BCUT2D eigenvalue weighted by Crippen LogP contribution is -2.63. The zero-order valence-corrected chi connectivity index (χ0v) is 14.4. The number of amides is 4. The van der Waals surface area contributed by atoms with Gasteiger partial charge in [0.25, 0.3) is 11.1 Å². The van der Waals surface area contributed by atoms with E-state index in [2.05, 4.69) is 5.32 Å². The van der Waals surface area contributed by atoms with Gasteiger partial charge >= 0.3 is 0 Å². The molecule has 3 rings (SSSR count). The van der Waals surface area contributed by atoms with E-state index in [-0.39, 0.29) is 41.3 Å². The minimum absolute atomic E-state index is 0.139. The van der Waals surface area contributed by atoms with Crippen molar-refractivity contribution in [2.75, 3.05) is 32.5 Å². The third-order valence-corrected chi connectivity index (χ3v) is 4.93. The fourth-order valence-electron chi connectivity index (χ4n) is 2.67. The van der Waals surface area contributed by atoms with Crippen LogP contribution in [0, 0.1) is 0 Å². The van der Waals surface area contributed by atoms with E-state index >= 15 is 0 Å². The van der Waals surface area contributed by atoms with Gasteiger partial charge in [-0.3, -0.25) is 24.1 Å². The molecule has 0 atom stereocenters. The molecule has 0 bridgehead atoms. The molecule has 4 amide bonds. The van der Waals surface area contributed by atoms with Gasteiger partial charge in [-0.25, -0.2) is 0 Å². The van der Waals surface area contributed by atoms with Crippen LogP contribution in [-0.4, -0.2) is 71.3 Å². The summed E-state index contributed by atoms with van der Waals surface area (Å²) in [4.78, 5) is 50.2. The molecule has 2 fully saturated rings. The van der Waals surface area contributed by atoms with Crippen LogP contribution in [0.5, 0.6) is 5.75 Å². The molecule has 1 aromatic rings. The Morgan fingerprint density at radius 1 is 1.32 bits per heavy atom. The molecule has 2 saturated heterocycles. The number of nitrogens with zero attached hydrogens (tertiary/aromatic N) is 2. The molecule has 0 spiro atoms. The lowest BCUT2D eigenvalue weighted by atomic mass is 10.1. The number of benzene rings is 1. The molecule has 0 saturated carbocycles. The number of hydrogen-bond donors (Lipinski definition) is 1. The zero-order chi connectivity index (χ0) is 18.0. The average Bonchev–Trinajstić information content (AvgIpc) is 2.91. The molecule has 0 aliphatic carbocycles. The molecule has 2 heterocycles. The first-order valence-electron chi connectivity index (χ1n) is 7.68. The van der Waals surface area contributed by atoms with Gasteiger partial charge < -0.3 is 15.0 Å². The van der Waals surface area contributed by atoms with Gasteiger partial charge in [0.15, 0.2) is 0 Å². The number of carbonyl (C=O) groups excluding carboxylic acids is 4. The van der Waals surface area contributed by atoms with E-state index in [1.807, 2.05) is 0 Å². The fourth-order valence-corrected chi connectivity index (χ4v) is 3.45. The smallest absolute Gasteiger partial charge is 0.289 e. The largest absolute Gasteiger partial charge is 0.497 e. The summed E-state index contributed by atoms with van der Waals surface area (Å²) in [5.74, 6) is -0.106. The molecular weight excluding hydrogens is 346 g/mol. The minimum Gasteiger partial charge on any atom is -0.497 e. The molecule has 132 valence electrons. The molecule has 1 N–H and O–H groups in total. The van der Waals surface area contributed by atoms with Crippen LogP contribution in [0.15, 0.2) is 24.3 Å². The predicted octanol–water partition coefficient (Wildman–Crippen LogP) is 0.331. The quantitative estimate of drug-likeness (QED) is 0.810. The Morgan fingerprint density at radius 3 is 2.72 bits per heavy atom. The van der Waals surface area contributed by atoms with E-state index in [0.717, 1.165) is 11.8 Å². The highest BCUT2D eigenvalue weighted by atomic mass is 32.2. The lowest BCUT2D eigenvalue weighted by Gasteiger charge is -2.42. The van der Waals surface area contributed by atoms with Crippen LogP contribution in [0.1, 0.15) is 10.4 Å². The minimum atomic E-state index is -0.370. The summed E-state index contributed by atoms with van der Waals surface area (Å²) in [6, 6.07) is 6.37. The fraction of sp³-hybridized carbons (Fsp3) is 0.375. The van der Waals surface area contributed by atoms with Crippen molar-refractivity contribution < 1.29 is 23.9 Å². The first kappa shape index (κ1) is 17.3.